The normalized spacial score (nSPS) is 19.6. The molecule has 1 saturated heterocycles. The summed E-state index contributed by atoms with van der Waals surface area (Å²) >= 11 is 0. The lowest BCUT2D eigenvalue weighted by Crippen LogP contribution is -2.51. The number of ether oxygens (including phenoxy) is 1. The Hall–Kier alpha value is -2.09. The van der Waals surface area contributed by atoms with E-state index >= 15 is 0 Å². The number of nitrogens with one attached hydrogen (secondary N) is 2. The van der Waals surface area contributed by atoms with Crippen LogP contribution in [0.2, 0.25) is 0 Å². The van der Waals surface area contributed by atoms with Crippen molar-refractivity contribution in [3.63, 3.8) is 0 Å². The van der Waals surface area contributed by atoms with E-state index in [9.17, 15) is 9.59 Å². The fourth-order valence-corrected chi connectivity index (χ4v) is 1.65. The van der Waals surface area contributed by atoms with Gasteiger partial charge in [0.2, 0.25) is 0 Å². The van der Waals surface area contributed by atoms with Crippen LogP contribution >= 0.6 is 0 Å². The Morgan fingerprint density at radius 3 is 3.17 bits per heavy atom. The molecule has 0 saturated carbocycles. The molecule has 1 aromatic heterocycles. The summed E-state index contributed by atoms with van der Waals surface area (Å²) in [6.45, 7) is 1.04. The van der Waals surface area contributed by atoms with Gasteiger partial charge in [0.15, 0.2) is 6.10 Å². The second-order valence-corrected chi connectivity index (χ2v) is 3.91. The Labute approximate surface area is 103 Å². The lowest BCUT2D eigenvalue weighted by atomic mass is 10.3. The van der Waals surface area contributed by atoms with Gasteiger partial charge in [-0.15, -0.1) is 0 Å². The Morgan fingerprint density at radius 2 is 2.50 bits per heavy atom. The van der Waals surface area contributed by atoms with Gasteiger partial charge in [0, 0.05) is 24.8 Å². The molecule has 1 atom stereocenters. The fourth-order valence-electron chi connectivity index (χ4n) is 1.65. The minimum absolute atomic E-state index is 0.0621. The maximum absolute atomic E-state index is 11.8. The molecular formula is C10H14N4O4. The lowest BCUT2D eigenvalue weighted by Gasteiger charge is -2.30. The molecule has 8 heteroatoms. The molecule has 1 aliphatic rings. The third-order valence-corrected chi connectivity index (χ3v) is 2.63. The molecule has 0 spiro atoms. The zero-order valence-corrected chi connectivity index (χ0v) is 9.63. The van der Waals surface area contributed by atoms with Crippen LogP contribution in [0, 0.1) is 0 Å². The summed E-state index contributed by atoms with van der Waals surface area (Å²) < 4.78 is 5.03. The predicted molar refractivity (Wildman–Crippen MR) is 59.8 cm³/mol. The topological polar surface area (TPSA) is 108 Å². The summed E-state index contributed by atoms with van der Waals surface area (Å²) in [6, 6.07) is -0.300. The number of carbonyl (C=O) groups is 2. The number of rotatable bonds is 3. The van der Waals surface area contributed by atoms with Crippen LogP contribution in [0.4, 0.5) is 4.79 Å². The van der Waals surface area contributed by atoms with Crippen LogP contribution in [0.5, 0.6) is 0 Å². The molecule has 8 nitrogen and oxygen atoms in total. The average Bonchev–Trinajstić information content (AvgIpc) is 2.89. The second-order valence-electron chi connectivity index (χ2n) is 3.91. The molecular weight excluding hydrogens is 240 g/mol. The predicted octanol–water partition coefficient (Wildman–Crippen LogP) is -0.595. The molecule has 0 aromatic carbocycles. The van der Waals surface area contributed by atoms with Crippen molar-refractivity contribution in [2.75, 3.05) is 19.7 Å². The summed E-state index contributed by atoms with van der Waals surface area (Å²) in [5, 5.41) is 17.9. The number of H-pyrrole nitrogens is 1. The molecule has 98 valence electrons. The van der Waals surface area contributed by atoms with Crippen LogP contribution < -0.4 is 5.32 Å². The quantitative estimate of drug-likeness (QED) is 0.668. The van der Waals surface area contributed by atoms with Crippen LogP contribution in [-0.2, 0) is 16.1 Å². The number of hydrogen-bond acceptors (Lipinski definition) is 4. The van der Waals surface area contributed by atoms with Crippen molar-refractivity contribution in [1.82, 2.24) is 20.4 Å². The minimum atomic E-state index is -1.05. The summed E-state index contributed by atoms with van der Waals surface area (Å²) in [7, 11) is 0. The van der Waals surface area contributed by atoms with E-state index in [2.05, 4.69) is 15.5 Å². The number of aliphatic carboxylic acids is 1. The molecule has 1 aromatic rings. The first-order chi connectivity index (χ1) is 8.66. The number of urea groups is 1. The van der Waals surface area contributed by atoms with Gasteiger partial charge in [-0.1, -0.05) is 0 Å². The molecule has 2 amide bonds. The highest BCUT2D eigenvalue weighted by molar-refractivity contribution is 5.77. The van der Waals surface area contributed by atoms with E-state index in [4.69, 9.17) is 9.84 Å². The lowest BCUT2D eigenvalue weighted by molar-refractivity contribution is -0.154. The van der Waals surface area contributed by atoms with Gasteiger partial charge >= 0.3 is 12.0 Å². The van der Waals surface area contributed by atoms with Crippen molar-refractivity contribution in [2.24, 2.45) is 0 Å². The third-order valence-electron chi connectivity index (χ3n) is 2.63. The highest BCUT2D eigenvalue weighted by atomic mass is 16.5. The summed E-state index contributed by atoms with van der Waals surface area (Å²) in [4.78, 5) is 24.0. The highest BCUT2D eigenvalue weighted by Gasteiger charge is 2.28. The van der Waals surface area contributed by atoms with Crippen LogP contribution in [0.25, 0.3) is 0 Å². The van der Waals surface area contributed by atoms with Gasteiger partial charge < -0.3 is 20.1 Å². The molecule has 1 unspecified atom stereocenters. The van der Waals surface area contributed by atoms with Crippen molar-refractivity contribution in [1.29, 1.82) is 0 Å². The van der Waals surface area contributed by atoms with Gasteiger partial charge in [0.25, 0.3) is 0 Å². The van der Waals surface area contributed by atoms with Crippen LogP contribution in [0.3, 0.4) is 0 Å². The van der Waals surface area contributed by atoms with Crippen molar-refractivity contribution >= 4 is 12.0 Å². The number of carbonyl (C=O) groups excluding carboxylic acids is 1. The number of hydrogen-bond donors (Lipinski definition) is 3. The van der Waals surface area contributed by atoms with Crippen LogP contribution in [0.1, 0.15) is 5.56 Å². The van der Waals surface area contributed by atoms with E-state index in [0.29, 0.717) is 13.1 Å². The zero-order chi connectivity index (χ0) is 13.0. The highest BCUT2D eigenvalue weighted by Crippen LogP contribution is 2.06. The fraction of sp³-hybridized carbons (Fsp3) is 0.500. The molecule has 2 rings (SSSR count). The van der Waals surface area contributed by atoms with Crippen LogP contribution in [-0.4, -0.2) is 58.0 Å². The molecule has 0 radical (unpaired) electrons. The Bertz CT molecular complexity index is 420. The molecule has 18 heavy (non-hydrogen) atoms. The van der Waals surface area contributed by atoms with Crippen LogP contribution in [0.15, 0.2) is 12.4 Å². The number of amides is 2. The number of morpholine rings is 1. The summed E-state index contributed by atoms with van der Waals surface area (Å²) in [6.07, 6.45) is 2.35. The standard InChI is InChI=1S/C10H14N4O4/c15-9(16)8-6-14(1-2-18-8)10(17)11-3-7-4-12-13-5-7/h4-5,8H,1-3,6H2,(H,11,17)(H,12,13)(H,15,16). The first-order valence-corrected chi connectivity index (χ1v) is 5.51. The molecule has 2 heterocycles. The smallest absolute Gasteiger partial charge is 0.334 e. The van der Waals surface area contributed by atoms with E-state index in [1.165, 1.54) is 4.90 Å². The SMILES string of the molecule is O=C(O)C1CN(C(=O)NCc2cn[nH]c2)CCO1. The molecule has 3 N–H and O–H groups in total. The maximum Gasteiger partial charge on any atom is 0.334 e. The van der Waals surface area contributed by atoms with E-state index in [1.807, 2.05) is 0 Å². The number of carboxylic acid groups (broad SMARTS) is 1. The number of carboxylic acids is 1. The number of aromatic amines is 1. The van der Waals surface area contributed by atoms with E-state index < -0.39 is 12.1 Å². The van der Waals surface area contributed by atoms with Gasteiger partial charge in [0.05, 0.1) is 19.3 Å². The van der Waals surface area contributed by atoms with Gasteiger partial charge in [-0.2, -0.15) is 5.10 Å². The minimum Gasteiger partial charge on any atom is -0.479 e. The van der Waals surface area contributed by atoms with E-state index in [1.54, 1.807) is 12.4 Å². The number of nitrogens with zero attached hydrogens (tertiary/aromatic N) is 2. The third kappa shape index (κ3) is 2.98. The van der Waals surface area contributed by atoms with Crippen molar-refractivity contribution in [3.05, 3.63) is 18.0 Å². The molecule has 0 aliphatic carbocycles. The van der Waals surface area contributed by atoms with E-state index in [0.717, 1.165) is 5.56 Å². The van der Waals surface area contributed by atoms with Gasteiger partial charge in [-0.3, -0.25) is 5.10 Å². The summed E-state index contributed by atoms with van der Waals surface area (Å²) in [5.41, 5.74) is 0.853. The summed E-state index contributed by atoms with van der Waals surface area (Å²) in [5.74, 6) is -1.05. The first kappa shape index (κ1) is 12.4. The average molecular weight is 254 g/mol. The number of aromatic nitrogens is 2. The molecule has 0 bridgehead atoms. The Kier molecular flexibility index (Phi) is 3.78. The molecule has 1 fully saturated rings. The largest absolute Gasteiger partial charge is 0.479 e. The Morgan fingerprint density at radius 1 is 1.67 bits per heavy atom. The second kappa shape index (κ2) is 5.50. The first-order valence-electron chi connectivity index (χ1n) is 5.51. The molecule has 1 aliphatic heterocycles. The van der Waals surface area contributed by atoms with Gasteiger partial charge in [0.1, 0.15) is 0 Å². The monoisotopic (exact) mass is 254 g/mol. The van der Waals surface area contributed by atoms with Crippen molar-refractivity contribution in [3.8, 4) is 0 Å². The van der Waals surface area contributed by atoms with Crippen molar-refractivity contribution in [2.45, 2.75) is 12.6 Å². The zero-order valence-electron chi connectivity index (χ0n) is 9.63. The Balaban J connectivity index is 1.83. The maximum atomic E-state index is 11.8. The van der Waals surface area contributed by atoms with Gasteiger partial charge in [-0.05, 0) is 0 Å². The van der Waals surface area contributed by atoms with Crippen molar-refractivity contribution < 1.29 is 19.4 Å². The van der Waals surface area contributed by atoms with Gasteiger partial charge in [-0.25, -0.2) is 9.59 Å². The van der Waals surface area contributed by atoms with E-state index in [-0.39, 0.29) is 19.2 Å².